The lowest BCUT2D eigenvalue weighted by Gasteiger charge is -2.23. The second-order valence-electron chi connectivity index (χ2n) is 4.85. The molecule has 0 bridgehead atoms. The summed E-state index contributed by atoms with van der Waals surface area (Å²) in [5.41, 5.74) is 0.863. The first-order chi connectivity index (χ1) is 9.11. The Hall–Kier alpha value is -1.34. The second kappa shape index (κ2) is 6.21. The van der Waals surface area contributed by atoms with Crippen LogP contribution in [0.4, 0.5) is 9.93 Å². The summed E-state index contributed by atoms with van der Waals surface area (Å²) in [6.07, 6.45) is 1.84. The molecule has 106 valence electrons. The van der Waals surface area contributed by atoms with E-state index in [1.54, 1.807) is 16.2 Å². The number of amides is 2. The Labute approximate surface area is 117 Å². The maximum absolute atomic E-state index is 12.0. The van der Waals surface area contributed by atoms with E-state index in [9.17, 15) is 9.90 Å². The van der Waals surface area contributed by atoms with Crippen molar-refractivity contribution < 1.29 is 9.90 Å². The molecule has 0 saturated carbocycles. The number of hydrogen-bond donors (Lipinski definition) is 2. The average molecular weight is 284 g/mol. The molecule has 7 heteroatoms. The number of likely N-dealkylation sites (tertiary alicyclic amines) is 1. The number of anilines is 1. The van der Waals surface area contributed by atoms with Crippen molar-refractivity contribution in [2.24, 2.45) is 0 Å². The molecule has 1 aliphatic heterocycles. The molecule has 0 unspecified atom stereocenters. The number of nitrogens with one attached hydrogen (secondary N) is 1. The van der Waals surface area contributed by atoms with Crippen molar-refractivity contribution >= 4 is 22.5 Å². The molecule has 1 aromatic heterocycles. The third-order valence-electron chi connectivity index (χ3n) is 3.19. The minimum atomic E-state index is -0.115. The fourth-order valence-electron chi connectivity index (χ4n) is 2.14. The van der Waals surface area contributed by atoms with Crippen LogP contribution in [0.15, 0.2) is 5.38 Å². The molecule has 2 N–H and O–H groups in total. The van der Waals surface area contributed by atoms with E-state index in [-0.39, 0.29) is 18.7 Å². The Morgan fingerprint density at radius 3 is 3.11 bits per heavy atom. The van der Waals surface area contributed by atoms with Crippen LogP contribution in [-0.2, 0) is 6.54 Å². The summed E-state index contributed by atoms with van der Waals surface area (Å²) in [6, 6.07) is -0.149. The summed E-state index contributed by atoms with van der Waals surface area (Å²) in [5.74, 6) is 0. The molecule has 0 aromatic carbocycles. The highest BCUT2D eigenvalue weighted by molar-refractivity contribution is 7.13. The van der Waals surface area contributed by atoms with Crippen molar-refractivity contribution in [2.45, 2.75) is 25.4 Å². The normalized spacial score (nSPS) is 18.7. The number of carbonyl (C=O) groups excluding carboxylic acids is 1. The average Bonchev–Trinajstić information content (AvgIpc) is 3.04. The maximum Gasteiger partial charge on any atom is 0.318 e. The maximum atomic E-state index is 12.0. The summed E-state index contributed by atoms with van der Waals surface area (Å²) in [6.45, 7) is 1.18. The van der Waals surface area contributed by atoms with Gasteiger partial charge in [-0.15, -0.1) is 11.3 Å². The second-order valence-corrected chi connectivity index (χ2v) is 5.68. The number of urea groups is 1. The van der Waals surface area contributed by atoms with Crippen molar-refractivity contribution in [3.63, 3.8) is 0 Å². The van der Waals surface area contributed by atoms with Gasteiger partial charge in [-0.3, -0.25) is 0 Å². The van der Waals surface area contributed by atoms with E-state index in [0.717, 1.165) is 30.2 Å². The van der Waals surface area contributed by atoms with E-state index in [4.69, 9.17) is 0 Å². The van der Waals surface area contributed by atoms with E-state index in [1.807, 2.05) is 24.4 Å². The monoisotopic (exact) mass is 284 g/mol. The number of rotatable bonds is 4. The molecule has 1 aliphatic rings. The van der Waals surface area contributed by atoms with Gasteiger partial charge in [-0.2, -0.15) is 0 Å². The molecule has 19 heavy (non-hydrogen) atoms. The van der Waals surface area contributed by atoms with E-state index >= 15 is 0 Å². The van der Waals surface area contributed by atoms with Gasteiger partial charge in [0, 0.05) is 26.0 Å². The number of aromatic nitrogens is 1. The van der Waals surface area contributed by atoms with Crippen LogP contribution < -0.4 is 10.2 Å². The van der Waals surface area contributed by atoms with E-state index in [0.29, 0.717) is 6.54 Å². The lowest BCUT2D eigenvalue weighted by Crippen LogP contribution is -2.43. The molecule has 0 radical (unpaired) electrons. The summed E-state index contributed by atoms with van der Waals surface area (Å²) >= 11 is 1.56. The van der Waals surface area contributed by atoms with Gasteiger partial charge >= 0.3 is 6.03 Å². The molecule has 2 rings (SSSR count). The minimum absolute atomic E-state index is 0.0345. The third-order valence-corrected chi connectivity index (χ3v) is 4.25. The quantitative estimate of drug-likeness (QED) is 0.861. The van der Waals surface area contributed by atoms with Gasteiger partial charge in [0.05, 0.1) is 24.9 Å². The molecule has 0 aliphatic carbocycles. The van der Waals surface area contributed by atoms with Crippen molar-refractivity contribution in [3.8, 4) is 0 Å². The van der Waals surface area contributed by atoms with Crippen molar-refractivity contribution in [3.05, 3.63) is 11.1 Å². The van der Waals surface area contributed by atoms with Crippen LogP contribution in [0.25, 0.3) is 0 Å². The largest absolute Gasteiger partial charge is 0.394 e. The standard InChI is InChI=1S/C12H20N4O2S/c1-15(2)12-14-9(8-19-12)6-13-11(18)16-5-3-4-10(16)7-17/h8,10,17H,3-7H2,1-2H3,(H,13,18)/t10-/m0/s1. The number of hydrogen-bond acceptors (Lipinski definition) is 5. The van der Waals surface area contributed by atoms with Gasteiger partial charge in [0.2, 0.25) is 0 Å². The lowest BCUT2D eigenvalue weighted by atomic mass is 10.2. The molecular formula is C12H20N4O2S. The predicted molar refractivity (Wildman–Crippen MR) is 75.5 cm³/mol. The third kappa shape index (κ3) is 3.36. The fourth-order valence-corrected chi connectivity index (χ4v) is 2.90. The van der Waals surface area contributed by atoms with Gasteiger partial charge in [-0.25, -0.2) is 9.78 Å². The number of aliphatic hydroxyl groups excluding tert-OH is 1. The molecule has 1 atom stereocenters. The Morgan fingerprint density at radius 2 is 2.47 bits per heavy atom. The molecule has 6 nitrogen and oxygen atoms in total. The van der Waals surface area contributed by atoms with Crippen LogP contribution in [0.3, 0.4) is 0 Å². The highest BCUT2D eigenvalue weighted by Gasteiger charge is 2.27. The lowest BCUT2D eigenvalue weighted by molar-refractivity contribution is 0.157. The van der Waals surface area contributed by atoms with Gasteiger partial charge in [0.15, 0.2) is 5.13 Å². The summed E-state index contributed by atoms with van der Waals surface area (Å²) in [4.78, 5) is 20.1. The molecular weight excluding hydrogens is 264 g/mol. The molecule has 0 spiro atoms. The number of nitrogens with zero attached hydrogens (tertiary/aromatic N) is 3. The Kier molecular flexibility index (Phi) is 4.60. The molecule has 2 heterocycles. The first-order valence-corrected chi connectivity index (χ1v) is 7.27. The summed E-state index contributed by atoms with van der Waals surface area (Å²) in [5, 5.41) is 14.9. The van der Waals surface area contributed by atoms with Crippen LogP contribution in [0.1, 0.15) is 18.5 Å². The Morgan fingerprint density at radius 1 is 1.68 bits per heavy atom. The smallest absolute Gasteiger partial charge is 0.318 e. The number of carbonyl (C=O) groups is 1. The SMILES string of the molecule is CN(C)c1nc(CNC(=O)N2CCC[C@H]2CO)cs1. The molecule has 1 aromatic rings. The summed E-state index contributed by atoms with van der Waals surface area (Å²) in [7, 11) is 3.88. The van der Waals surface area contributed by atoms with Gasteiger partial charge in [-0.1, -0.05) is 0 Å². The Bertz CT molecular complexity index is 435. The molecule has 1 fully saturated rings. The zero-order chi connectivity index (χ0) is 13.8. The van der Waals surface area contributed by atoms with E-state index < -0.39 is 0 Å². The van der Waals surface area contributed by atoms with Crippen LogP contribution >= 0.6 is 11.3 Å². The van der Waals surface area contributed by atoms with Crippen LogP contribution in [-0.4, -0.2) is 54.3 Å². The van der Waals surface area contributed by atoms with Gasteiger partial charge in [0.25, 0.3) is 0 Å². The van der Waals surface area contributed by atoms with Gasteiger partial charge < -0.3 is 20.2 Å². The first-order valence-electron chi connectivity index (χ1n) is 6.39. The highest BCUT2D eigenvalue weighted by atomic mass is 32.1. The predicted octanol–water partition coefficient (Wildman–Crippen LogP) is 0.875. The summed E-state index contributed by atoms with van der Waals surface area (Å²) < 4.78 is 0. The van der Waals surface area contributed by atoms with E-state index in [1.165, 1.54) is 0 Å². The van der Waals surface area contributed by atoms with E-state index in [2.05, 4.69) is 10.3 Å². The topological polar surface area (TPSA) is 68.7 Å². The molecule has 1 saturated heterocycles. The fraction of sp³-hybridized carbons (Fsp3) is 0.667. The van der Waals surface area contributed by atoms with Crippen LogP contribution in [0, 0.1) is 0 Å². The van der Waals surface area contributed by atoms with Crippen molar-refractivity contribution in [2.75, 3.05) is 32.1 Å². The van der Waals surface area contributed by atoms with Crippen molar-refractivity contribution in [1.82, 2.24) is 15.2 Å². The van der Waals surface area contributed by atoms with Crippen LogP contribution in [0.5, 0.6) is 0 Å². The van der Waals surface area contributed by atoms with Crippen molar-refractivity contribution in [1.29, 1.82) is 0 Å². The highest BCUT2D eigenvalue weighted by Crippen LogP contribution is 2.19. The number of aliphatic hydroxyl groups is 1. The zero-order valence-electron chi connectivity index (χ0n) is 11.3. The number of thiazole rings is 1. The van der Waals surface area contributed by atoms with Gasteiger partial charge in [-0.05, 0) is 12.8 Å². The first kappa shape index (κ1) is 14.1. The molecule has 2 amide bonds. The zero-order valence-corrected chi connectivity index (χ0v) is 12.1. The Balaban J connectivity index is 1.85. The minimum Gasteiger partial charge on any atom is -0.394 e. The van der Waals surface area contributed by atoms with Gasteiger partial charge in [0.1, 0.15) is 0 Å². The van der Waals surface area contributed by atoms with Crippen LogP contribution in [0.2, 0.25) is 0 Å².